The SMILES string of the molecule is COc1ccc(C(O)C#CC#Cc2ccccc2)cc1. The maximum Gasteiger partial charge on any atom is 0.141 e. The number of aliphatic hydroxyl groups excluding tert-OH is 1. The van der Waals surface area contributed by atoms with E-state index in [0.717, 1.165) is 16.9 Å². The molecule has 0 radical (unpaired) electrons. The molecule has 20 heavy (non-hydrogen) atoms. The van der Waals surface area contributed by atoms with Gasteiger partial charge in [0.15, 0.2) is 0 Å². The Morgan fingerprint density at radius 1 is 0.950 bits per heavy atom. The fourth-order valence-electron chi connectivity index (χ4n) is 1.60. The zero-order valence-corrected chi connectivity index (χ0v) is 11.1. The Balaban J connectivity index is 2.03. The number of aliphatic hydroxyl groups is 1. The zero-order chi connectivity index (χ0) is 14.2. The molecule has 0 aliphatic rings. The minimum absolute atomic E-state index is 0.722. The number of hydrogen-bond acceptors (Lipinski definition) is 2. The molecule has 1 unspecified atom stereocenters. The van der Waals surface area contributed by atoms with Crippen LogP contribution in [0.3, 0.4) is 0 Å². The molecule has 0 saturated heterocycles. The summed E-state index contributed by atoms with van der Waals surface area (Å²) in [4.78, 5) is 0. The van der Waals surface area contributed by atoms with Crippen LogP contribution in [-0.4, -0.2) is 12.2 Å². The van der Waals surface area contributed by atoms with Crippen LogP contribution in [-0.2, 0) is 0 Å². The van der Waals surface area contributed by atoms with Crippen molar-refractivity contribution in [3.63, 3.8) is 0 Å². The van der Waals surface area contributed by atoms with E-state index in [1.54, 1.807) is 31.4 Å². The normalized spacial score (nSPS) is 10.5. The summed E-state index contributed by atoms with van der Waals surface area (Å²) >= 11 is 0. The molecule has 2 rings (SSSR count). The molecule has 0 heterocycles. The molecule has 1 N–H and O–H groups in total. The minimum Gasteiger partial charge on any atom is -0.497 e. The molecule has 2 aromatic rings. The molecule has 0 bridgehead atoms. The van der Waals surface area contributed by atoms with E-state index < -0.39 is 6.10 Å². The van der Waals surface area contributed by atoms with Gasteiger partial charge in [0.2, 0.25) is 0 Å². The molecule has 0 aliphatic carbocycles. The quantitative estimate of drug-likeness (QED) is 0.843. The molecule has 2 aromatic carbocycles. The second kappa shape index (κ2) is 7.04. The standard InChI is InChI=1S/C18H14O2/c1-20-17-13-11-16(12-14-17)18(19)10-6-5-9-15-7-3-2-4-8-15/h2-4,7-8,11-14,18-19H,1H3. The fraction of sp³-hybridized carbons (Fsp3) is 0.111. The van der Waals surface area contributed by atoms with Crippen LogP contribution in [0.4, 0.5) is 0 Å². The molecule has 0 spiro atoms. The first-order valence-electron chi connectivity index (χ1n) is 6.18. The van der Waals surface area contributed by atoms with Crippen LogP contribution in [0.15, 0.2) is 54.6 Å². The minimum atomic E-state index is -0.842. The number of hydrogen-bond donors (Lipinski definition) is 1. The molecule has 98 valence electrons. The lowest BCUT2D eigenvalue weighted by molar-refractivity contribution is 0.238. The number of rotatable bonds is 2. The third-order valence-corrected chi connectivity index (χ3v) is 2.68. The zero-order valence-electron chi connectivity index (χ0n) is 11.1. The highest BCUT2D eigenvalue weighted by Crippen LogP contribution is 2.16. The first-order valence-corrected chi connectivity index (χ1v) is 6.18. The van der Waals surface area contributed by atoms with E-state index in [0.29, 0.717) is 0 Å². The molecule has 0 saturated carbocycles. The van der Waals surface area contributed by atoms with Gasteiger partial charge in [0.25, 0.3) is 0 Å². The molecule has 0 aliphatic heterocycles. The van der Waals surface area contributed by atoms with Crippen molar-refractivity contribution in [2.75, 3.05) is 7.11 Å². The molecular formula is C18H14O2. The summed E-state index contributed by atoms with van der Waals surface area (Å²) < 4.78 is 5.06. The average molecular weight is 262 g/mol. The van der Waals surface area contributed by atoms with E-state index in [4.69, 9.17) is 4.74 Å². The van der Waals surface area contributed by atoms with Crippen LogP contribution in [0, 0.1) is 23.7 Å². The van der Waals surface area contributed by atoms with Crippen LogP contribution in [0.25, 0.3) is 0 Å². The Morgan fingerprint density at radius 2 is 1.65 bits per heavy atom. The number of ether oxygens (including phenoxy) is 1. The molecule has 2 heteroatoms. The van der Waals surface area contributed by atoms with Crippen molar-refractivity contribution >= 4 is 0 Å². The lowest BCUT2D eigenvalue weighted by Gasteiger charge is -2.04. The molecule has 1 atom stereocenters. The Bertz CT molecular complexity index is 665. The van der Waals surface area contributed by atoms with Gasteiger partial charge in [0.1, 0.15) is 11.9 Å². The average Bonchev–Trinajstić information content (AvgIpc) is 2.52. The van der Waals surface area contributed by atoms with Gasteiger partial charge in [-0.05, 0) is 41.7 Å². The fourth-order valence-corrected chi connectivity index (χ4v) is 1.60. The van der Waals surface area contributed by atoms with E-state index in [-0.39, 0.29) is 0 Å². The molecule has 0 amide bonds. The van der Waals surface area contributed by atoms with Crippen LogP contribution < -0.4 is 4.74 Å². The number of methoxy groups -OCH3 is 1. The summed E-state index contributed by atoms with van der Waals surface area (Å²) in [6.07, 6.45) is -0.842. The van der Waals surface area contributed by atoms with Gasteiger partial charge < -0.3 is 9.84 Å². The van der Waals surface area contributed by atoms with E-state index in [2.05, 4.69) is 23.7 Å². The summed E-state index contributed by atoms with van der Waals surface area (Å²) in [5.41, 5.74) is 1.63. The third-order valence-electron chi connectivity index (χ3n) is 2.68. The van der Waals surface area contributed by atoms with Crippen molar-refractivity contribution in [1.82, 2.24) is 0 Å². The Kier molecular flexibility index (Phi) is 4.84. The third kappa shape index (κ3) is 3.92. The van der Waals surface area contributed by atoms with Gasteiger partial charge >= 0.3 is 0 Å². The maximum absolute atomic E-state index is 9.90. The summed E-state index contributed by atoms with van der Waals surface area (Å²) in [6, 6.07) is 16.7. The van der Waals surface area contributed by atoms with Gasteiger partial charge in [-0.2, -0.15) is 0 Å². The molecular weight excluding hydrogens is 248 g/mol. The Labute approximate surface area is 119 Å². The monoisotopic (exact) mass is 262 g/mol. The van der Waals surface area contributed by atoms with E-state index in [9.17, 15) is 5.11 Å². The summed E-state index contributed by atoms with van der Waals surface area (Å²) in [7, 11) is 1.60. The first kappa shape index (κ1) is 13.7. The first-order chi connectivity index (χ1) is 9.79. The highest BCUT2D eigenvalue weighted by atomic mass is 16.5. The Morgan fingerprint density at radius 3 is 2.30 bits per heavy atom. The molecule has 0 aromatic heterocycles. The smallest absolute Gasteiger partial charge is 0.141 e. The van der Waals surface area contributed by atoms with E-state index in [1.807, 2.05) is 30.3 Å². The Hall–Kier alpha value is -2.68. The largest absolute Gasteiger partial charge is 0.497 e. The second-order valence-corrected chi connectivity index (χ2v) is 4.06. The highest BCUT2D eigenvalue weighted by molar-refractivity contribution is 5.41. The molecule has 2 nitrogen and oxygen atoms in total. The van der Waals surface area contributed by atoms with Crippen molar-refractivity contribution in [3.8, 4) is 29.4 Å². The maximum atomic E-state index is 9.90. The van der Waals surface area contributed by atoms with Crippen LogP contribution in [0.2, 0.25) is 0 Å². The van der Waals surface area contributed by atoms with Gasteiger partial charge in [0.05, 0.1) is 7.11 Å². The van der Waals surface area contributed by atoms with Crippen molar-refractivity contribution in [2.45, 2.75) is 6.10 Å². The van der Waals surface area contributed by atoms with Crippen LogP contribution >= 0.6 is 0 Å². The summed E-state index contributed by atoms with van der Waals surface area (Å²) in [6.45, 7) is 0. The number of benzene rings is 2. The van der Waals surface area contributed by atoms with Crippen LogP contribution in [0.5, 0.6) is 5.75 Å². The lowest BCUT2D eigenvalue weighted by Crippen LogP contribution is -1.93. The second-order valence-electron chi connectivity index (χ2n) is 4.06. The topological polar surface area (TPSA) is 29.5 Å². The van der Waals surface area contributed by atoms with Gasteiger partial charge in [-0.25, -0.2) is 0 Å². The van der Waals surface area contributed by atoms with Gasteiger partial charge in [0, 0.05) is 5.56 Å². The van der Waals surface area contributed by atoms with Crippen LogP contribution in [0.1, 0.15) is 17.2 Å². The summed E-state index contributed by atoms with van der Waals surface area (Å²) in [5, 5.41) is 9.90. The van der Waals surface area contributed by atoms with E-state index in [1.165, 1.54) is 0 Å². The van der Waals surface area contributed by atoms with Crippen molar-refractivity contribution in [1.29, 1.82) is 0 Å². The highest BCUT2D eigenvalue weighted by Gasteiger charge is 2.02. The van der Waals surface area contributed by atoms with Crippen molar-refractivity contribution in [2.24, 2.45) is 0 Å². The van der Waals surface area contributed by atoms with E-state index >= 15 is 0 Å². The predicted molar refractivity (Wildman–Crippen MR) is 79.0 cm³/mol. The molecule has 0 fully saturated rings. The summed E-state index contributed by atoms with van der Waals surface area (Å²) in [5.74, 6) is 11.8. The van der Waals surface area contributed by atoms with Crippen molar-refractivity contribution < 1.29 is 9.84 Å². The van der Waals surface area contributed by atoms with Gasteiger partial charge in [-0.1, -0.05) is 42.2 Å². The lowest BCUT2D eigenvalue weighted by atomic mass is 10.1. The van der Waals surface area contributed by atoms with Gasteiger partial charge in [-0.15, -0.1) is 0 Å². The van der Waals surface area contributed by atoms with Crippen molar-refractivity contribution in [3.05, 3.63) is 65.7 Å². The predicted octanol–water partition coefficient (Wildman–Crippen LogP) is 2.78. The van der Waals surface area contributed by atoms with Gasteiger partial charge in [-0.3, -0.25) is 0 Å².